The molecule has 0 saturated heterocycles. The van der Waals surface area contributed by atoms with E-state index in [1.54, 1.807) is 0 Å². The van der Waals surface area contributed by atoms with Gasteiger partial charge in [-0.25, -0.2) is 0 Å². The number of thioether (sulfide) groups is 1. The van der Waals surface area contributed by atoms with Crippen LogP contribution in [0, 0.1) is 0 Å². The van der Waals surface area contributed by atoms with Crippen molar-refractivity contribution in [2.75, 3.05) is 17.6 Å². The van der Waals surface area contributed by atoms with Crippen LogP contribution in [-0.2, 0) is 6.42 Å². The van der Waals surface area contributed by atoms with Crippen LogP contribution in [0.4, 0.5) is 5.69 Å². The van der Waals surface area contributed by atoms with Crippen molar-refractivity contribution in [3.63, 3.8) is 0 Å². The summed E-state index contributed by atoms with van der Waals surface area (Å²) in [5.41, 5.74) is 2.88. The summed E-state index contributed by atoms with van der Waals surface area (Å²) in [7, 11) is 0. The minimum Gasteiger partial charge on any atom is -0.384 e. The number of rotatable bonds is 2. The third kappa shape index (κ3) is 1.83. The zero-order valence-electron chi connectivity index (χ0n) is 7.97. The molecule has 13 heavy (non-hydrogen) atoms. The molecule has 0 spiro atoms. The van der Waals surface area contributed by atoms with Gasteiger partial charge in [-0.1, -0.05) is 19.1 Å². The highest BCUT2D eigenvalue weighted by Crippen LogP contribution is 2.32. The summed E-state index contributed by atoms with van der Waals surface area (Å²) < 4.78 is 0. The van der Waals surface area contributed by atoms with Crippen molar-refractivity contribution < 1.29 is 0 Å². The molecule has 1 heterocycles. The van der Waals surface area contributed by atoms with Gasteiger partial charge in [-0.05, 0) is 30.2 Å². The Bertz CT molecular complexity index is 296. The third-order valence-electron chi connectivity index (χ3n) is 2.34. The van der Waals surface area contributed by atoms with Gasteiger partial charge in [0.05, 0.1) is 5.69 Å². The van der Waals surface area contributed by atoms with Crippen LogP contribution >= 0.6 is 11.8 Å². The van der Waals surface area contributed by atoms with Crippen molar-refractivity contribution in [1.29, 1.82) is 0 Å². The van der Waals surface area contributed by atoms with Gasteiger partial charge in [-0.3, -0.25) is 0 Å². The molecule has 0 saturated carbocycles. The fraction of sp³-hybridized carbons (Fsp3) is 0.455. The smallest absolute Gasteiger partial charge is 0.0510 e. The van der Waals surface area contributed by atoms with Crippen LogP contribution in [0.15, 0.2) is 23.1 Å². The summed E-state index contributed by atoms with van der Waals surface area (Å²) in [4.78, 5) is 1.42. The average Bonchev–Trinajstić information content (AvgIpc) is 2.19. The zero-order valence-corrected chi connectivity index (χ0v) is 8.79. The predicted molar refractivity (Wildman–Crippen MR) is 59.7 cm³/mol. The van der Waals surface area contributed by atoms with Gasteiger partial charge in [0.2, 0.25) is 0 Å². The Kier molecular flexibility index (Phi) is 2.79. The van der Waals surface area contributed by atoms with Gasteiger partial charge in [0.25, 0.3) is 0 Å². The third-order valence-corrected chi connectivity index (χ3v) is 3.28. The molecule has 1 aromatic rings. The first-order valence-electron chi connectivity index (χ1n) is 4.90. The molecule has 2 heteroatoms. The molecule has 1 aliphatic heterocycles. The molecular formula is C11H15NS. The fourth-order valence-corrected chi connectivity index (χ4v) is 2.59. The summed E-state index contributed by atoms with van der Waals surface area (Å²) in [5, 5.41) is 3.50. The molecule has 1 aliphatic rings. The molecule has 0 aliphatic carbocycles. The second-order valence-electron chi connectivity index (χ2n) is 3.25. The largest absolute Gasteiger partial charge is 0.384 e. The summed E-state index contributed by atoms with van der Waals surface area (Å²) in [5.74, 6) is 1.15. The standard InChI is InChI=1S/C11H15NS/c1-2-13-10-7-3-5-9-6-4-8-12-11(9)10/h3,5,7,12H,2,4,6,8H2,1H3. The Morgan fingerprint density at radius 3 is 3.23 bits per heavy atom. The molecular weight excluding hydrogens is 178 g/mol. The van der Waals surface area contributed by atoms with E-state index in [0.29, 0.717) is 0 Å². The van der Waals surface area contributed by atoms with Gasteiger partial charge in [-0.15, -0.1) is 11.8 Å². The first-order valence-corrected chi connectivity index (χ1v) is 5.89. The first kappa shape index (κ1) is 8.95. The fourth-order valence-electron chi connectivity index (χ4n) is 1.75. The Morgan fingerprint density at radius 2 is 2.38 bits per heavy atom. The summed E-state index contributed by atoms with van der Waals surface area (Å²) in [6.07, 6.45) is 2.51. The van der Waals surface area contributed by atoms with E-state index < -0.39 is 0 Å². The maximum Gasteiger partial charge on any atom is 0.0510 e. The highest BCUT2D eigenvalue weighted by atomic mass is 32.2. The highest BCUT2D eigenvalue weighted by molar-refractivity contribution is 7.99. The van der Waals surface area contributed by atoms with Gasteiger partial charge in [0, 0.05) is 11.4 Å². The molecule has 1 nitrogen and oxygen atoms in total. The van der Waals surface area contributed by atoms with Crippen LogP contribution in [0.5, 0.6) is 0 Å². The van der Waals surface area contributed by atoms with E-state index in [2.05, 4.69) is 30.4 Å². The molecule has 0 fully saturated rings. The van der Waals surface area contributed by atoms with Gasteiger partial charge in [0.1, 0.15) is 0 Å². The highest BCUT2D eigenvalue weighted by Gasteiger charge is 2.11. The lowest BCUT2D eigenvalue weighted by molar-refractivity contribution is 0.823. The molecule has 0 aromatic heterocycles. The first-order chi connectivity index (χ1) is 6.42. The van der Waals surface area contributed by atoms with Gasteiger partial charge < -0.3 is 5.32 Å². The summed E-state index contributed by atoms with van der Waals surface area (Å²) >= 11 is 1.93. The lowest BCUT2D eigenvalue weighted by Gasteiger charge is -2.20. The molecule has 0 atom stereocenters. The van der Waals surface area contributed by atoms with Crippen LogP contribution in [0.3, 0.4) is 0 Å². The van der Waals surface area contributed by atoms with Crippen LogP contribution in [0.1, 0.15) is 18.9 Å². The number of benzene rings is 1. The molecule has 0 radical (unpaired) electrons. The number of anilines is 1. The summed E-state index contributed by atoms with van der Waals surface area (Å²) in [6.45, 7) is 3.33. The van der Waals surface area contributed by atoms with Crippen LogP contribution in [0.2, 0.25) is 0 Å². The predicted octanol–water partition coefficient (Wildman–Crippen LogP) is 3.16. The van der Waals surface area contributed by atoms with E-state index in [0.717, 1.165) is 12.3 Å². The maximum atomic E-state index is 3.50. The van der Waals surface area contributed by atoms with E-state index in [4.69, 9.17) is 0 Å². The monoisotopic (exact) mass is 193 g/mol. The Balaban J connectivity index is 2.34. The number of fused-ring (bicyclic) bond motifs is 1. The SMILES string of the molecule is CCSc1cccc2c1NCCC2. The lowest BCUT2D eigenvalue weighted by atomic mass is 10.0. The Morgan fingerprint density at radius 1 is 1.46 bits per heavy atom. The van der Waals surface area contributed by atoms with Crippen molar-refractivity contribution in [3.8, 4) is 0 Å². The van der Waals surface area contributed by atoms with Crippen LogP contribution < -0.4 is 5.32 Å². The zero-order chi connectivity index (χ0) is 9.10. The Hall–Kier alpha value is -0.630. The van der Waals surface area contributed by atoms with Gasteiger partial charge in [0.15, 0.2) is 0 Å². The van der Waals surface area contributed by atoms with E-state index in [1.165, 1.54) is 29.0 Å². The molecule has 2 rings (SSSR count). The Labute approximate surface area is 83.9 Å². The molecule has 1 aromatic carbocycles. The molecule has 0 unspecified atom stereocenters. The molecule has 1 N–H and O–H groups in total. The van der Waals surface area contributed by atoms with Crippen LogP contribution in [0.25, 0.3) is 0 Å². The lowest BCUT2D eigenvalue weighted by Crippen LogP contribution is -2.12. The van der Waals surface area contributed by atoms with Gasteiger partial charge >= 0.3 is 0 Å². The number of nitrogens with one attached hydrogen (secondary N) is 1. The second-order valence-corrected chi connectivity index (χ2v) is 4.56. The van der Waals surface area contributed by atoms with E-state index in [1.807, 2.05) is 11.8 Å². The van der Waals surface area contributed by atoms with E-state index in [-0.39, 0.29) is 0 Å². The quantitative estimate of drug-likeness (QED) is 0.724. The number of hydrogen-bond acceptors (Lipinski definition) is 2. The normalized spacial score (nSPS) is 14.8. The van der Waals surface area contributed by atoms with Crippen molar-refractivity contribution in [3.05, 3.63) is 23.8 Å². The number of aryl methyl sites for hydroxylation is 1. The van der Waals surface area contributed by atoms with Crippen molar-refractivity contribution in [1.82, 2.24) is 0 Å². The topological polar surface area (TPSA) is 12.0 Å². The number of hydrogen-bond donors (Lipinski definition) is 1. The van der Waals surface area contributed by atoms with E-state index >= 15 is 0 Å². The number of para-hydroxylation sites is 1. The molecule has 0 amide bonds. The minimum atomic E-state index is 1.13. The minimum absolute atomic E-state index is 1.13. The molecule has 70 valence electrons. The molecule has 0 bridgehead atoms. The van der Waals surface area contributed by atoms with Crippen molar-refractivity contribution in [2.24, 2.45) is 0 Å². The van der Waals surface area contributed by atoms with Crippen molar-refractivity contribution in [2.45, 2.75) is 24.7 Å². The maximum absolute atomic E-state index is 3.50. The second kappa shape index (κ2) is 4.05. The van der Waals surface area contributed by atoms with Gasteiger partial charge in [-0.2, -0.15) is 0 Å². The van der Waals surface area contributed by atoms with E-state index in [9.17, 15) is 0 Å². The summed E-state index contributed by atoms with van der Waals surface area (Å²) in [6, 6.07) is 6.62. The van der Waals surface area contributed by atoms with Crippen molar-refractivity contribution >= 4 is 17.4 Å². The van der Waals surface area contributed by atoms with Crippen LogP contribution in [-0.4, -0.2) is 12.3 Å². The average molecular weight is 193 g/mol.